The van der Waals surface area contributed by atoms with Gasteiger partial charge >= 0.3 is 0 Å². The summed E-state index contributed by atoms with van der Waals surface area (Å²) in [5.74, 6) is 0.145. The molecule has 0 heterocycles. The van der Waals surface area contributed by atoms with Crippen molar-refractivity contribution in [1.82, 2.24) is 0 Å². The van der Waals surface area contributed by atoms with Crippen molar-refractivity contribution in [3.05, 3.63) is 35.9 Å². The third-order valence-electron chi connectivity index (χ3n) is 3.44. The summed E-state index contributed by atoms with van der Waals surface area (Å²) in [7, 11) is 0. The van der Waals surface area contributed by atoms with Crippen molar-refractivity contribution in [1.29, 1.82) is 0 Å². The Balaban J connectivity index is 2.19. The van der Waals surface area contributed by atoms with Gasteiger partial charge in [-0.1, -0.05) is 37.3 Å². The highest BCUT2D eigenvalue weighted by Gasteiger charge is 2.33. The standard InChI is InChI=1S/C14H16O2/c1-10-12(8-5-9-13(10)15)14(16)11-6-3-2-4-7-11/h2-4,6-7,10,12H,5,8-9H2,1H3/t10-,12-/m0/s1. The van der Waals surface area contributed by atoms with E-state index in [1.54, 1.807) is 0 Å². The first-order chi connectivity index (χ1) is 7.70. The minimum absolute atomic E-state index is 0.108. The minimum atomic E-state index is -0.110. The zero-order chi connectivity index (χ0) is 11.5. The molecule has 1 aromatic carbocycles. The Morgan fingerprint density at radius 1 is 1.25 bits per heavy atom. The molecule has 1 fully saturated rings. The van der Waals surface area contributed by atoms with Crippen LogP contribution in [0.4, 0.5) is 0 Å². The van der Waals surface area contributed by atoms with Gasteiger partial charge in [0, 0.05) is 23.8 Å². The summed E-state index contributed by atoms with van der Waals surface area (Å²) in [4.78, 5) is 23.8. The summed E-state index contributed by atoms with van der Waals surface area (Å²) >= 11 is 0. The van der Waals surface area contributed by atoms with Crippen molar-refractivity contribution in [2.24, 2.45) is 11.8 Å². The van der Waals surface area contributed by atoms with E-state index in [4.69, 9.17) is 0 Å². The van der Waals surface area contributed by atoms with Gasteiger partial charge < -0.3 is 0 Å². The van der Waals surface area contributed by atoms with Crippen LogP contribution in [-0.2, 0) is 4.79 Å². The maximum atomic E-state index is 12.2. The number of rotatable bonds is 2. The molecule has 0 spiro atoms. The lowest BCUT2D eigenvalue weighted by molar-refractivity contribution is -0.125. The Kier molecular flexibility index (Phi) is 3.18. The summed E-state index contributed by atoms with van der Waals surface area (Å²) in [6.07, 6.45) is 2.34. The number of Topliss-reactive ketones (excluding diaryl/α,β-unsaturated/α-hetero) is 2. The van der Waals surface area contributed by atoms with Crippen LogP contribution >= 0.6 is 0 Å². The van der Waals surface area contributed by atoms with Crippen molar-refractivity contribution in [2.45, 2.75) is 26.2 Å². The second-order valence-electron chi connectivity index (χ2n) is 4.48. The summed E-state index contributed by atoms with van der Waals surface area (Å²) in [5, 5.41) is 0. The average molecular weight is 216 g/mol. The molecular weight excluding hydrogens is 200 g/mol. The number of hydrogen-bond acceptors (Lipinski definition) is 2. The van der Waals surface area contributed by atoms with Gasteiger partial charge in [0.05, 0.1) is 0 Å². The molecule has 0 radical (unpaired) electrons. The van der Waals surface area contributed by atoms with Gasteiger partial charge in [-0.25, -0.2) is 0 Å². The lowest BCUT2D eigenvalue weighted by atomic mass is 9.76. The lowest BCUT2D eigenvalue weighted by Gasteiger charge is -2.26. The van der Waals surface area contributed by atoms with E-state index in [1.807, 2.05) is 37.3 Å². The molecule has 1 saturated carbocycles. The average Bonchev–Trinajstić information content (AvgIpc) is 2.33. The smallest absolute Gasteiger partial charge is 0.166 e. The first kappa shape index (κ1) is 11.1. The van der Waals surface area contributed by atoms with Gasteiger partial charge in [0.2, 0.25) is 0 Å². The number of ketones is 2. The normalized spacial score (nSPS) is 25.4. The predicted octanol–water partition coefficient (Wildman–Crippen LogP) is 2.87. The fourth-order valence-electron chi connectivity index (χ4n) is 2.37. The van der Waals surface area contributed by atoms with E-state index in [0.29, 0.717) is 6.42 Å². The molecule has 2 rings (SSSR count). The molecule has 0 aromatic heterocycles. The van der Waals surface area contributed by atoms with E-state index in [2.05, 4.69) is 0 Å². The Bertz CT molecular complexity index is 394. The van der Waals surface area contributed by atoms with E-state index in [9.17, 15) is 9.59 Å². The van der Waals surface area contributed by atoms with E-state index < -0.39 is 0 Å². The third kappa shape index (κ3) is 2.06. The van der Waals surface area contributed by atoms with Gasteiger partial charge in [0.15, 0.2) is 5.78 Å². The molecule has 2 nitrogen and oxygen atoms in total. The van der Waals surface area contributed by atoms with Crippen LogP contribution in [0.3, 0.4) is 0 Å². The maximum Gasteiger partial charge on any atom is 0.166 e. The molecule has 84 valence electrons. The molecular formula is C14H16O2. The van der Waals surface area contributed by atoms with Crippen LogP contribution in [0.5, 0.6) is 0 Å². The Hall–Kier alpha value is -1.44. The predicted molar refractivity (Wildman–Crippen MR) is 62.3 cm³/mol. The Morgan fingerprint density at radius 3 is 2.62 bits per heavy atom. The Morgan fingerprint density at radius 2 is 1.94 bits per heavy atom. The van der Waals surface area contributed by atoms with Crippen molar-refractivity contribution in [3.63, 3.8) is 0 Å². The lowest BCUT2D eigenvalue weighted by Crippen LogP contribution is -2.31. The first-order valence-electron chi connectivity index (χ1n) is 5.82. The van der Waals surface area contributed by atoms with Gasteiger partial charge in [-0.15, -0.1) is 0 Å². The van der Waals surface area contributed by atoms with Crippen molar-refractivity contribution >= 4 is 11.6 Å². The zero-order valence-corrected chi connectivity index (χ0v) is 9.48. The number of carbonyl (C=O) groups excluding carboxylic acids is 2. The number of hydrogen-bond donors (Lipinski definition) is 0. The monoisotopic (exact) mass is 216 g/mol. The van der Waals surface area contributed by atoms with E-state index in [-0.39, 0.29) is 23.4 Å². The molecule has 1 aliphatic rings. The molecule has 0 N–H and O–H groups in total. The maximum absolute atomic E-state index is 12.2. The fourth-order valence-corrected chi connectivity index (χ4v) is 2.37. The van der Waals surface area contributed by atoms with Crippen molar-refractivity contribution in [2.75, 3.05) is 0 Å². The SMILES string of the molecule is C[C@@H]1C(=O)CCC[C@@H]1C(=O)c1ccccc1. The molecule has 0 bridgehead atoms. The fraction of sp³-hybridized carbons (Fsp3) is 0.429. The topological polar surface area (TPSA) is 34.1 Å². The van der Waals surface area contributed by atoms with Gasteiger partial charge in [-0.2, -0.15) is 0 Å². The molecule has 2 atom stereocenters. The minimum Gasteiger partial charge on any atom is -0.299 e. The molecule has 0 aliphatic heterocycles. The summed E-state index contributed by atoms with van der Waals surface area (Å²) in [5.41, 5.74) is 0.731. The number of carbonyl (C=O) groups is 2. The molecule has 0 unspecified atom stereocenters. The van der Waals surface area contributed by atoms with Crippen molar-refractivity contribution in [3.8, 4) is 0 Å². The van der Waals surface area contributed by atoms with Crippen LogP contribution in [-0.4, -0.2) is 11.6 Å². The highest BCUT2D eigenvalue weighted by atomic mass is 16.1. The van der Waals surface area contributed by atoms with E-state index in [0.717, 1.165) is 18.4 Å². The van der Waals surface area contributed by atoms with Crippen LogP contribution in [0.15, 0.2) is 30.3 Å². The molecule has 1 aromatic rings. The molecule has 0 saturated heterocycles. The van der Waals surface area contributed by atoms with E-state index >= 15 is 0 Å². The van der Waals surface area contributed by atoms with Gasteiger partial charge in [0.25, 0.3) is 0 Å². The molecule has 1 aliphatic carbocycles. The largest absolute Gasteiger partial charge is 0.299 e. The molecule has 2 heteroatoms. The van der Waals surface area contributed by atoms with Crippen LogP contribution < -0.4 is 0 Å². The van der Waals surface area contributed by atoms with Gasteiger partial charge in [0.1, 0.15) is 5.78 Å². The quantitative estimate of drug-likeness (QED) is 0.712. The highest BCUT2D eigenvalue weighted by molar-refractivity contribution is 6.01. The van der Waals surface area contributed by atoms with Crippen LogP contribution in [0.1, 0.15) is 36.5 Å². The van der Waals surface area contributed by atoms with Crippen LogP contribution in [0, 0.1) is 11.8 Å². The second kappa shape index (κ2) is 4.60. The Labute approximate surface area is 95.7 Å². The zero-order valence-electron chi connectivity index (χ0n) is 9.48. The van der Waals surface area contributed by atoms with Gasteiger partial charge in [-0.05, 0) is 12.8 Å². The van der Waals surface area contributed by atoms with Gasteiger partial charge in [-0.3, -0.25) is 9.59 Å². The second-order valence-corrected chi connectivity index (χ2v) is 4.48. The van der Waals surface area contributed by atoms with Crippen molar-refractivity contribution < 1.29 is 9.59 Å². The summed E-state index contributed by atoms with van der Waals surface area (Å²) in [6.45, 7) is 1.88. The molecule has 16 heavy (non-hydrogen) atoms. The highest BCUT2D eigenvalue weighted by Crippen LogP contribution is 2.29. The van der Waals surface area contributed by atoms with Crippen LogP contribution in [0.25, 0.3) is 0 Å². The molecule has 0 amide bonds. The summed E-state index contributed by atoms with van der Waals surface area (Å²) < 4.78 is 0. The number of benzene rings is 1. The third-order valence-corrected chi connectivity index (χ3v) is 3.44. The summed E-state index contributed by atoms with van der Waals surface area (Å²) in [6, 6.07) is 9.28. The van der Waals surface area contributed by atoms with Crippen LogP contribution in [0.2, 0.25) is 0 Å². The first-order valence-corrected chi connectivity index (χ1v) is 5.82. The van der Waals surface area contributed by atoms with E-state index in [1.165, 1.54) is 0 Å².